The van der Waals surface area contributed by atoms with Gasteiger partial charge in [0.1, 0.15) is 0 Å². The summed E-state index contributed by atoms with van der Waals surface area (Å²) in [6, 6.07) is 0. The summed E-state index contributed by atoms with van der Waals surface area (Å²) in [6.07, 6.45) is 3.01. The van der Waals surface area contributed by atoms with E-state index in [0.717, 1.165) is 25.7 Å². The first-order valence-electron chi connectivity index (χ1n) is 4.07. The summed E-state index contributed by atoms with van der Waals surface area (Å²) in [7, 11) is 0. The largest absolute Gasteiger partial charge is 0.383 e. The predicted octanol–water partition coefficient (Wildman–Crippen LogP) is 1.27. The maximum Gasteiger partial charge on any atom is 0.383 e. The van der Waals surface area contributed by atoms with Crippen LogP contribution in [0.1, 0.15) is 39.0 Å². The number of unbranched alkanes of at least 4 members (excludes halogenated alkanes) is 3. The number of rotatable bonds is 6. The molecule has 11 heavy (non-hydrogen) atoms. The summed E-state index contributed by atoms with van der Waals surface area (Å²) in [5, 5.41) is 18.8. The first-order valence-corrected chi connectivity index (χ1v) is 4.07. The minimum absolute atomic E-state index is 0.322. The van der Waals surface area contributed by atoms with Gasteiger partial charge in [-0.3, -0.25) is 0 Å². The molecular formula is C8H15O3. The number of hydrogen-bond acceptors (Lipinski definition) is 2. The molecule has 1 atom stereocenters. The average Bonchev–Trinajstić information content (AvgIpc) is 1.97. The Bertz CT molecular complexity index is 112. The van der Waals surface area contributed by atoms with Crippen LogP contribution >= 0.6 is 0 Å². The quantitative estimate of drug-likeness (QED) is 0.593. The van der Waals surface area contributed by atoms with Crippen molar-refractivity contribution in [3.63, 3.8) is 0 Å². The van der Waals surface area contributed by atoms with Crippen LogP contribution < -0.4 is 0 Å². The molecule has 0 saturated heterocycles. The van der Waals surface area contributed by atoms with Crippen LogP contribution in [-0.4, -0.2) is 17.2 Å². The molecule has 0 aromatic heterocycles. The van der Waals surface area contributed by atoms with E-state index >= 15 is 0 Å². The lowest BCUT2D eigenvalue weighted by atomic mass is 10.1. The molecule has 0 aliphatic heterocycles. The fourth-order valence-corrected chi connectivity index (χ4v) is 0.882. The zero-order valence-electron chi connectivity index (χ0n) is 6.88. The highest BCUT2D eigenvalue weighted by Gasteiger charge is 2.13. The zero-order valence-corrected chi connectivity index (χ0v) is 6.88. The van der Waals surface area contributed by atoms with E-state index < -0.39 is 12.1 Å². The lowest BCUT2D eigenvalue weighted by molar-refractivity contribution is -0.153. The predicted molar refractivity (Wildman–Crippen MR) is 40.5 cm³/mol. The van der Waals surface area contributed by atoms with Crippen LogP contribution in [0.25, 0.3) is 0 Å². The Labute approximate surface area is 67.0 Å². The van der Waals surface area contributed by atoms with E-state index in [9.17, 15) is 9.90 Å². The van der Waals surface area contributed by atoms with Gasteiger partial charge in [0.05, 0.1) is 0 Å². The Morgan fingerprint density at radius 2 is 2.00 bits per heavy atom. The number of hydrogen-bond donors (Lipinski definition) is 1. The van der Waals surface area contributed by atoms with Crippen LogP contribution in [0.5, 0.6) is 0 Å². The average molecular weight is 159 g/mol. The minimum Gasteiger partial charge on any atom is -0.381 e. The first kappa shape index (κ1) is 10.4. The second-order valence-corrected chi connectivity index (χ2v) is 2.68. The Balaban J connectivity index is 3.17. The Morgan fingerprint density at radius 1 is 1.36 bits per heavy atom. The second-order valence-electron chi connectivity index (χ2n) is 2.68. The molecule has 0 spiro atoms. The van der Waals surface area contributed by atoms with Crippen molar-refractivity contribution in [3.8, 4) is 0 Å². The second kappa shape index (κ2) is 6.16. The molecule has 0 heterocycles. The molecule has 65 valence electrons. The molecule has 0 aliphatic carbocycles. The van der Waals surface area contributed by atoms with Crippen molar-refractivity contribution in [1.29, 1.82) is 0 Å². The van der Waals surface area contributed by atoms with Gasteiger partial charge in [0, 0.05) is 0 Å². The third-order valence-corrected chi connectivity index (χ3v) is 1.60. The fraction of sp³-hybridized carbons (Fsp3) is 0.875. The molecule has 1 radical (unpaired) electrons. The molecule has 0 amide bonds. The van der Waals surface area contributed by atoms with Crippen LogP contribution in [0.2, 0.25) is 0 Å². The van der Waals surface area contributed by atoms with E-state index in [1.807, 2.05) is 0 Å². The summed E-state index contributed by atoms with van der Waals surface area (Å²) in [6.45, 7) is 2.08. The van der Waals surface area contributed by atoms with Crippen molar-refractivity contribution in [2.75, 3.05) is 0 Å². The van der Waals surface area contributed by atoms with Gasteiger partial charge >= 0.3 is 5.97 Å². The molecule has 1 unspecified atom stereocenters. The molecule has 3 nitrogen and oxygen atoms in total. The third-order valence-electron chi connectivity index (χ3n) is 1.60. The lowest BCUT2D eigenvalue weighted by Crippen LogP contribution is -2.17. The van der Waals surface area contributed by atoms with Gasteiger partial charge in [-0.15, -0.1) is 0 Å². The van der Waals surface area contributed by atoms with Crippen LogP contribution in [0, 0.1) is 0 Å². The smallest absolute Gasteiger partial charge is 0.381 e. The van der Waals surface area contributed by atoms with Crippen molar-refractivity contribution < 1.29 is 15.0 Å². The fourth-order valence-electron chi connectivity index (χ4n) is 0.882. The van der Waals surface area contributed by atoms with Crippen molar-refractivity contribution in [1.82, 2.24) is 0 Å². The highest BCUT2D eigenvalue weighted by atomic mass is 16.4. The SMILES string of the molecule is CCCCCCC(O)C([O])=O. The van der Waals surface area contributed by atoms with Gasteiger partial charge in [-0.05, 0) is 6.42 Å². The molecule has 0 aromatic carbocycles. The standard InChI is InChI=1S/C8H15O3/c1-2-3-4-5-6-7(9)8(10)11/h7,9H,2-6H2,1H3. The highest BCUT2D eigenvalue weighted by Crippen LogP contribution is 2.05. The number of aliphatic hydroxyl groups is 1. The van der Waals surface area contributed by atoms with Crippen molar-refractivity contribution >= 4 is 5.97 Å². The summed E-state index contributed by atoms with van der Waals surface area (Å²) in [5.41, 5.74) is 0. The molecule has 3 heteroatoms. The van der Waals surface area contributed by atoms with Crippen molar-refractivity contribution in [2.45, 2.75) is 45.1 Å². The summed E-state index contributed by atoms with van der Waals surface area (Å²) < 4.78 is 0. The third kappa shape index (κ3) is 5.85. The normalized spacial score (nSPS) is 12.9. The van der Waals surface area contributed by atoms with Crippen LogP contribution in [-0.2, 0) is 9.90 Å². The zero-order chi connectivity index (χ0) is 8.69. The monoisotopic (exact) mass is 159 g/mol. The summed E-state index contributed by atoms with van der Waals surface area (Å²) in [5.74, 6) is -1.36. The molecule has 0 aromatic rings. The van der Waals surface area contributed by atoms with Crippen LogP contribution in [0.15, 0.2) is 0 Å². The number of carbonyl (C=O) groups excluding carboxylic acids is 1. The summed E-state index contributed by atoms with van der Waals surface area (Å²) in [4.78, 5) is 10.0. The van der Waals surface area contributed by atoms with Gasteiger partial charge in [-0.1, -0.05) is 32.6 Å². The van der Waals surface area contributed by atoms with E-state index in [-0.39, 0.29) is 0 Å². The van der Waals surface area contributed by atoms with Crippen LogP contribution in [0.3, 0.4) is 0 Å². The maximum atomic E-state index is 10.0. The van der Waals surface area contributed by atoms with E-state index in [4.69, 9.17) is 5.11 Å². The number of carbonyl (C=O) groups is 1. The Kier molecular flexibility index (Phi) is 5.84. The maximum absolute atomic E-state index is 10.0. The summed E-state index contributed by atoms with van der Waals surface area (Å²) >= 11 is 0. The van der Waals surface area contributed by atoms with Gasteiger partial charge in [-0.25, -0.2) is 9.90 Å². The van der Waals surface area contributed by atoms with Crippen molar-refractivity contribution in [2.24, 2.45) is 0 Å². The minimum atomic E-state index is -1.36. The lowest BCUT2D eigenvalue weighted by Gasteiger charge is -2.01. The van der Waals surface area contributed by atoms with E-state index in [1.54, 1.807) is 0 Å². The number of aliphatic hydroxyl groups excluding tert-OH is 1. The molecule has 0 saturated carbocycles. The van der Waals surface area contributed by atoms with E-state index in [0.29, 0.717) is 6.42 Å². The Hall–Kier alpha value is -0.570. The molecule has 0 rings (SSSR count). The highest BCUT2D eigenvalue weighted by molar-refractivity contribution is 5.71. The first-order chi connectivity index (χ1) is 5.18. The topological polar surface area (TPSA) is 57.2 Å². The molecule has 1 N–H and O–H groups in total. The Morgan fingerprint density at radius 3 is 2.45 bits per heavy atom. The van der Waals surface area contributed by atoms with Crippen molar-refractivity contribution in [3.05, 3.63) is 0 Å². The van der Waals surface area contributed by atoms with E-state index in [2.05, 4.69) is 6.92 Å². The molecule has 0 bridgehead atoms. The van der Waals surface area contributed by atoms with Crippen LogP contribution in [0.4, 0.5) is 0 Å². The molecular weight excluding hydrogens is 144 g/mol. The molecule has 0 fully saturated rings. The van der Waals surface area contributed by atoms with E-state index in [1.165, 1.54) is 0 Å². The molecule has 0 aliphatic rings. The van der Waals surface area contributed by atoms with Gasteiger partial charge in [0.15, 0.2) is 6.10 Å². The van der Waals surface area contributed by atoms with Gasteiger partial charge in [-0.2, -0.15) is 0 Å². The van der Waals surface area contributed by atoms with Gasteiger partial charge in [0.25, 0.3) is 0 Å². The van der Waals surface area contributed by atoms with Gasteiger partial charge < -0.3 is 5.11 Å². The van der Waals surface area contributed by atoms with Gasteiger partial charge in [0.2, 0.25) is 0 Å².